The normalized spacial score (nSPS) is 49.0. The number of ether oxygens (including phenoxy) is 5. The van der Waals surface area contributed by atoms with Crippen LogP contribution in [0.15, 0.2) is 0 Å². The van der Waals surface area contributed by atoms with E-state index < -0.39 is 118 Å². The molecule has 0 aromatic carbocycles. The molecule has 0 aliphatic carbocycles. The summed E-state index contributed by atoms with van der Waals surface area (Å²) in [4.78, 5) is 11.7. The van der Waals surface area contributed by atoms with Crippen LogP contribution in [-0.2, 0) is 28.5 Å². The molecule has 3 rings (SSSR count). The Hall–Kier alpha value is -1.13. The number of hydrogen-bond donors (Lipinski definition) is 11. The lowest BCUT2D eigenvalue weighted by Crippen LogP contribution is -2.68. The molecule has 3 fully saturated rings. The fourth-order valence-corrected chi connectivity index (χ4v) is 4.43. The Bertz CT molecular complexity index is 745. The number of aliphatic hydroxyl groups is 10. The summed E-state index contributed by atoms with van der Waals surface area (Å²) < 4.78 is 27.2. The number of nitrogens with one attached hydrogen (secondary N) is 1. The van der Waals surface area contributed by atoms with E-state index in [0.29, 0.717) is 0 Å². The van der Waals surface area contributed by atoms with E-state index in [1.54, 1.807) is 0 Å². The van der Waals surface area contributed by atoms with Crippen LogP contribution in [0.4, 0.5) is 0 Å². The Labute approximate surface area is 210 Å². The van der Waals surface area contributed by atoms with Crippen molar-refractivity contribution >= 4 is 5.91 Å². The third-order valence-corrected chi connectivity index (χ3v) is 6.50. The van der Waals surface area contributed by atoms with E-state index in [0.717, 1.165) is 6.92 Å². The predicted octanol–water partition coefficient (Wildman–Crippen LogP) is -7.43. The summed E-state index contributed by atoms with van der Waals surface area (Å²) in [5.41, 5.74) is 0. The molecule has 3 saturated heterocycles. The molecule has 17 nitrogen and oxygen atoms in total. The average Bonchev–Trinajstić information content (AvgIpc) is 2.86. The van der Waals surface area contributed by atoms with Gasteiger partial charge < -0.3 is 80.1 Å². The predicted molar refractivity (Wildman–Crippen MR) is 113 cm³/mol. The third-order valence-electron chi connectivity index (χ3n) is 6.50. The van der Waals surface area contributed by atoms with Gasteiger partial charge in [-0.15, -0.1) is 0 Å². The maximum absolute atomic E-state index is 11.7. The van der Waals surface area contributed by atoms with Crippen LogP contribution in [-0.4, -0.2) is 169 Å². The summed E-state index contributed by atoms with van der Waals surface area (Å²) in [7, 11) is 0. The zero-order valence-corrected chi connectivity index (χ0v) is 19.7. The number of rotatable bonds is 8. The Morgan fingerprint density at radius 1 is 0.649 bits per heavy atom. The highest BCUT2D eigenvalue weighted by molar-refractivity contribution is 5.73. The van der Waals surface area contributed by atoms with Crippen molar-refractivity contribution in [3.8, 4) is 0 Å². The molecule has 0 aromatic heterocycles. The van der Waals surface area contributed by atoms with Crippen molar-refractivity contribution in [2.75, 3.05) is 19.8 Å². The van der Waals surface area contributed by atoms with Gasteiger partial charge in [-0.3, -0.25) is 4.79 Å². The molecule has 1 amide bonds. The molecular formula is C20H35NO16. The molecular weight excluding hydrogens is 510 g/mol. The summed E-state index contributed by atoms with van der Waals surface area (Å²) in [6, 6.07) is -1.43. The van der Waals surface area contributed by atoms with Crippen molar-refractivity contribution in [2.45, 2.75) is 99.0 Å². The molecule has 0 radical (unpaired) electrons. The maximum atomic E-state index is 11.7. The van der Waals surface area contributed by atoms with Crippen LogP contribution in [0.5, 0.6) is 0 Å². The smallest absolute Gasteiger partial charge is 0.217 e. The lowest BCUT2D eigenvalue weighted by molar-refractivity contribution is -0.381. The molecule has 0 saturated carbocycles. The number of carbonyl (C=O) groups excluding carboxylic acids is 1. The van der Waals surface area contributed by atoms with Gasteiger partial charge in [-0.2, -0.15) is 0 Å². The Balaban J connectivity index is 1.90. The summed E-state index contributed by atoms with van der Waals surface area (Å²) in [6.07, 6.45) is -23.7. The van der Waals surface area contributed by atoms with Gasteiger partial charge >= 0.3 is 0 Å². The molecule has 0 aromatic rings. The van der Waals surface area contributed by atoms with Crippen LogP contribution < -0.4 is 5.32 Å². The van der Waals surface area contributed by atoms with Crippen molar-refractivity contribution in [2.24, 2.45) is 0 Å². The highest BCUT2D eigenvalue weighted by Crippen LogP contribution is 2.32. The number of aliphatic hydroxyl groups excluding tert-OH is 10. The zero-order chi connectivity index (χ0) is 27.6. The van der Waals surface area contributed by atoms with E-state index in [9.17, 15) is 55.9 Å². The topological polar surface area (TPSA) is 278 Å². The van der Waals surface area contributed by atoms with E-state index in [1.807, 2.05) is 0 Å². The van der Waals surface area contributed by atoms with Gasteiger partial charge in [0.05, 0.1) is 19.8 Å². The molecule has 3 heterocycles. The highest BCUT2D eigenvalue weighted by Gasteiger charge is 2.54. The molecule has 0 bridgehead atoms. The standard InChI is InChI=1S/C20H35NO16/c1-5(25)21-9-16(12(28)8(4-24)33-18(9)32)36-20-17(14(30)11(27)7(3-23)35-20)37-19-15(31)13(29)10(26)6(2-22)34-19/h6-20,22-24,26-32H,2-4H2,1H3,(H,21,25)/t6-,7-,8-,9-,10-,11-,12-,13+,14+,15+,16-,17+,18?,19-,20-/m1/s1. The molecule has 17 heteroatoms. The number of amides is 1. The summed E-state index contributed by atoms with van der Waals surface area (Å²) in [6.45, 7) is -1.24. The molecule has 3 aliphatic heterocycles. The van der Waals surface area contributed by atoms with Crippen LogP contribution in [0.2, 0.25) is 0 Å². The second-order valence-electron chi connectivity index (χ2n) is 9.07. The SMILES string of the molecule is CC(=O)N[C@H]1C(O)O[C@H](CO)[C@@H](O)[C@@H]1O[C@H]1O[C@H](CO)[C@@H](O)[C@H](O)[C@@H]1O[C@H]1O[C@H](CO)[C@@H](O)[C@H](O)[C@@H]1O. The zero-order valence-electron chi connectivity index (χ0n) is 19.7. The average molecular weight is 545 g/mol. The molecule has 216 valence electrons. The van der Waals surface area contributed by atoms with Crippen LogP contribution >= 0.6 is 0 Å². The van der Waals surface area contributed by atoms with Crippen molar-refractivity contribution < 1.29 is 79.5 Å². The maximum Gasteiger partial charge on any atom is 0.217 e. The van der Waals surface area contributed by atoms with E-state index in [4.69, 9.17) is 23.7 Å². The highest BCUT2D eigenvalue weighted by atomic mass is 16.8. The quantitative estimate of drug-likeness (QED) is 0.135. The minimum Gasteiger partial charge on any atom is -0.394 e. The van der Waals surface area contributed by atoms with Gasteiger partial charge in [0.1, 0.15) is 73.2 Å². The van der Waals surface area contributed by atoms with Crippen LogP contribution in [0.25, 0.3) is 0 Å². The molecule has 11 N–H and O–H groups in total. The Kier molecular flexibility index (Phi) is 10.5. The van der Waals surface area contributed by atoms with Crippen LogP contribution in [0.3, 0.4) is 0 Å². The first-order valence-corrected chi connectivity index (χ1v) is 11.6. The van der Waals surface area contributed by atoms with Gasteiger partial charge in [0, 0.05) is 6.92 Å². The molecule has 1 unspecified atom stereocenters. The molecule has 3 aliphatic rings. The first-order chi connectivity index (χ1) is 17.4. The van der Waals surface area contributed by atoms with Crippen LogP contribution in [0.1, 0.15) is 6.92 Å². The van der Waals surface area contributed by atoms with Crippen molar-refractivity contribution in [1.82, 2.24) is 5.32 Å². The summed E-state index contributed by atoms with van der Waals surface area (Å²) in [5.74, 6) is -0.654. The molecule has 37 heavy (non-hydrogen) atoms. The van der Waals surface area contributed by atoms with E-state index >= 15 is 0 Å². The Morgan fingerprint density at radius 3 is 1.68 bits per heavy atom. The Morgan fingerprint density at radius 2 is 1.14 bits per heavy atom. The van der Waals surface area contributed by atoms with Crippen LogP contribution in [0, 0.1) is 0 Å². The second kappa shape index (κ2) is 12.8. The lowest BCUT2D eigenvalue weighted by atomic mass is 9.95. The van der Waals surface area contributed by atoms with Crippen molar-refractivity contribution in [3.05, 3.63) is 0 Å². The van der Waals surface area contributed by atoms with E-state index in [1.165, 1.54) is 0 Å². The second-order valence-corrected chi connectivity index (χ2v) is 9.07. The van der Waals surface area contributed by atoms with Gasteiger partial charge in [0.25, 0.3) is 0 Å². The largest absolute Gasteiger partial charge is 0.394 e. The van der Waals surface area contributed by atoms with Crippen molar-refractivity contribution in [1.29, 1.82) is 0 Å². The minimum absolute atomic E-state index is 0.654. The fourth-order valence-electron chi connectivity index (χ4n) is 4.43. The van der Waals surface area contributed by atoms with Gasteiger partial charge in [-0.1, -0.05) is 0 Å². The summed E-state index contributed by atoms with van der Waals surface area (Å²) in [5, 5.41) is 103. The third kappa shape index (κ3) is 6.38. The first-order valence-electron chi connectivity index (χ1n) is 11.6. The van der Waals surface area contributed by atoms with E-state index in [2.05, 4.69) is 5.32 Å². The molecule has 0 spiro atoms. The summed E-state index contributed by atoms with van der Waals surface area (Å²) >= 11 is 0. The van der Waals surface area contributed by atoms with Gasteiger partial charge in [0.2, 0.25) is 5.91 Å². The van der Waals surface area contributed by atoms with Crippen molar-refractivity contribution in [3.63, 3.8) is 0 Å². The van der Waals surface area contributed by atoms with Gasteiger partial charge in [0.15, 0.2) is 18.9 Å². The number of carbonyl (C=O) groups is 1. The van der Waals surface area contributed by atoms with E-state index in [-0.39, 0.29) is 0 Å². The fraction of sp³-hybridized carbons (Fsp3) is 0.950. The lowest BCUT2D eigenvalue weighted by Gasteiger charge is -2.48. The first kappa shape index (κ1) is 30.4. The minimum atomic E-state index is -1.90. The van der Waals surface area contributed by atoms with Gasteiger partial charge in [-0.25, -0.2) is 0 Å². The van der Waals surface area contributed by atoms with Gasteiger partial charge in [-0.05, 0) is 0 Å². The number of hydrogen-bond acceptors (Lipinski definition) is 16. The monoisotopic (exact) mass is 545 g/mol. The molecule has 15 atom stereocenters.